The van der Waals surface area contributed by atoms with E-state index in [0.29, 0.717) is 0 Å². The molecule has 0 saturated carbocycles. The van der Waals surface area contributed by atoms with Gasteiger partial charge in [0, 0.05) is 12.4 Å². The first kappa shape index (κ1) is 10.8. The number of ether oxygens (including phenoxy) is 1. The minimum Gasteiger partial charge on any atom is -0.415 e. The second-order valence-electron chi connectivity index (χ2n) is 3.07. The first-order valence-corrected chi connectivity index (χ1v) is 4.61. The predicted octanol–water partition coefficient (Wildman–Crippen LogP) is -0.323. The summed E-state index contributed by atoms with van der Waals surface area (Å²) in [6, 6.07) is 3.06. The molecule has 2 aromatic rings. The van der Waals surface area contributed by atoms with Crippen LogP contribution in [0.1, 0.15) is 10.4 Å². The minimum absolute atomic E-state index is 0.207. The lowest BCUT2D eigenvalue weighted by Crippen LogP contribution is -2.24. The molecule has 2 aromatic heterocycles. The van der Waals surface area contributed by atoms with Gasteiger partial charge in [0.2, 0.25) is 5.75 Å². The molecule has 0 fully saturated rings. The SMILES string of the molecule is O=C(Oc1c[nH]c(=O)[nH]c1=O)c1cccnc1. The molecule has 0 atom stereocenters. The van der Waals surface area contributed by atoms with Gasteiger partial charge in [0.05, 0.1) is 11.8 Å². The summed E-state index contributed by atoms with van der Waals surface area (Å²) >= 11 is 0. The highest BCUT2D eigenvalue weighted by Crippen LogP contribution is 2.03. The number of carbonyl (C=O) groups is 1. The summed E-state index contributed by atoms with van der Waals surface area (Å²) in [5.74, 6) is -1.01. The molecule has 0 unspecified atom stereocenters. The smallest absolute Gasteiger partial charge is 0.345 e. The topological polar surface area (TPSA) is 105 Å². The fourth-order valence-electron chi connectivity index (χ4n) is 1.12. The number of aromatic amines is 2. The lowest BCUT2D eigenvalue weighted by atomic mass is 10.3. The van der Waals surface area contributed by atoms with E-state index in [-0.39, 0.29) is 11.3 Å². The number of H-pyrrole nitrogens is 2. The highest BCUT2D eigenvalue weighted by Gasteiger charge is 2.10. The Morgan fingerprint density at radius 3 is 2.82 bits per heavy atom. The van der Waals surface area contributed by atoms with Crippen molar-refractivity contribution in [2.75, 3.05) is 0 Å². The van der Waals surface area contributed by atoms with E-state index >= 15 is 0 Å². The average Bonchev–Trinajstić information content (AvgIpc) is 2.34. The van der Waals surface area contributed by atoms with E-state index in [1.807, 2.05) is 4.98 Å². The lowest BCUT2D eigenvalue weighted by molar-refractivity contribution is 0.0731. The molecule has 86 valence electrons. The molecule has 7 nitrogen and oxygen atoms in total. The molecule has 2 N–H and O–H groups in total. The van der Waals surface area contributed by atoms with E-state index in [9.17, 15) is 14.4 Å². The van der Waals surface area contributed by atoms with Crippen molar-refractivity contribution < 1.29 is 9.53 Å². The maximum absolute atomic E-state index is 11.5. The molecule has 0 bridgehead atoms. The van der Waals surface area contributed by atoms with E-state index < -0.39 is 17.2 Å². The van der Waals surface area contributed by atoms with Gasteiger partial charge in [0.15, 0.2) is 0 Å². The summed E-state index contributed by atoms with van der Waals surface area (Å²) in [7, 11) is 0. The van der Waals surface area contributed by atoms with E-state index in [1.54, 1.807) is 6.07 Å². The van der Waals surface area contributed by atoms with E-state index in [1.165, 1.54) is 18.5 Å². The van der Waals surface area contributed by atoms with Crippen LogP contribution in [0.2, 0.25) is 0 Å². The maximum Gasteiger partial charge on any atom is 0.345 e. The Balaban J connectivity index is 2.25. The van der Waals surface area contributed by atoms with Gasteiger partial charge in [-0.1, -0.05) is 0 Å². The Labute approximate surface area is 94.1 Å². The van der Waals surface area contributed by atoms with Crippen molar-refractivity contribution in [3.05, 3.63) is 57.1 Å². The summed E-state index contributed by atoms with van der Waals surface area (Å²) in [5.41, 5.74) is -1.24. The van der Waals surface area contributed by atoms with Crippen LogP contribution < -0.4 is 16.0 Å². The summed E-state index contributed by atoms with van der Waals surface area (Å²) in [4.78, 5) is 41.4. The van der Waals surface area contributed by atoms with Crippen molar-refractivity contribution in [3.8, 4) is 5.75 Å². The molecular weight excluding hydrogens is 226 g/mol. The van der Waals surface area contributed by atoms with Crippen LogP contribution in [0.25, 0.3) is 0 Å². The number of hydrogen-bond donors (Lipinski definition) is 2. The Kier molecular flexibility index (Phi) is 2.82. The molecule has 0 aliphatic heterocycles. The van der Waals surface area contributed by atoms with Crippen LogP contribution in [-0.2, 0) is 0 Å². The van der Waals surface area contributed by atoms with Crippen molar-refractivity contribution in [2.24, 2.45) is 0 Å². The molecule has 17 heavy (non-hydrogen) atoms. The quantitative estimate of drug-likeness (QED) is 0.691. The van der Waals surface area contributed by atoms with Crippen molar-refractivity contribution >= 4 is 5.97 Å². The number of rotatable bonds is 2. The van der Waals surface area contributed by atoms with Gasteiger partial charge in [-0.25, -0.2) is 9.59 Å². The van der Waals surface area contributed by atoms with E-state index in [0.717, 1.165) is 6.20 Å². The largest absolute Gasteiger partial charge is 0.415 e. The van der Waals surface area contributed by atoms with Crippen LogP contribution in [0, 0.1) is 0 Å². The van der Waals surface area contributed by atoms with Crippen LogP contribution in [0.4, 0.5) is 0 Å². The van der Waals surface area contributed by atoms with Gasteiger partial charge in [0.1, 0.15) is 0 Å². The third-order valence-electron chi connectivity index (χ3n) is 1.89. The maximum atomic E-state index is 11.5. The highest BCUT2D eigenvalue weighted by atomic mass is 16.5. The number of pyridine rings is 1. The van der Waals surface area contributed by atoms with Crippen molar-refractivity contribution in [1.29, 1.82) is 0 Å². The van der Waals surface area contributed by atoms with Gasteiger partial charge in [-0.2, -0.15) is 0 Å². The molecule has 0 aliphatic carbocycles. The zero-order valence-electron chi connectivity index (χ0n) is 8.47. The second kappa shape index (κ2) is 4.44. The second-order valence-corrected chi connectivity index (χ2v) is 3.07. The standard InChI is InChI=1S/C10H7N3O4/c14-8-7(5-12-10(16)13-8)17-9(15)6-2-1-3-11-4-6/h1-5H,(H2,12,13,14,16). The normalized spacial score (nSPS) is 9.88. The molecule has 7 heteroatoms. The summed E-state index contributed by atoms with van der Waals surface area (Å²) in [6.45, 7) is 0. The number of nitrogens with one attached hydrogen (secondary N) is 2. The van der Waals surface area contributed by atoms with E-state index in [4.69, 9.17) is 4.74 Å². The van der Waals surface area contributed by atoms with Gasteiger partial charge in [0.25, 0.3) is 5.56 Å². The number of aromatic nitrogens is 3. The Morgan fingerprint density at radius 2 is 2.18 bits per heavy atom. The predicted molar refractivity (Wildman–Crippen MR) is 56.9 cm³/mol. The summed E-state index contributed by atoms with van der Waals surface area (Å²) in [5, 5.41) is 0. The van der Waals surface area contributed by atoms with E-state index in [2.05, 4.69) is 9.97 Å². The Morgan fingerprint density at radius 1 is 1.35 bits per heavy atom. The van der Waals surface area contributed by atoms with Crippen LogP contribution in [0.5, 0.6) is 5.75 Å². The molecule has 0 aliphatic rings. The average molecular weight is 233 g/mol. The van der Waals surface area contributed by atoms with Gasteiger partial charge in [-0.15, -0.1) is 0 Å². The van der Waals surface area contributed by atoms with Crippen molar-refractivity contribution in [1.82, 2.24) is 15.0 Å². The molecule has 0 aromatic carbocycles. The number of esters is 1. The zero-order chi connectivity index (χ0) is 12.3. The highest BCUT2D eigenvalue weighted by molar-refractivity contribution is 5.90. The molecule has 0 amide bonds. The molecular formula is C10H7N3O4. The van der Waals surface area contributed by atoms with Crippen molar-refractivity contribution in [2.45, 2.75) is 0 Å². The lowest BCUT2D eigenvalue weighted by Gasteiger charge is -2.01. The number of hydrogen-bond acceptors (Lipinski definition) is 5. The third kappa shape index (κ3) is 2.46. The number of nitrogens with zero attached hydrogens (tertiary/aromatic N) is 1. The first-order chi connectivity index (χ1) is 8.16. The first-order valence-electron chi connectivity index (χ1n) is 4.61. The zero-order valence-corrected chi connectivity index (χ0v) is 8.47. The monoisotopic (exact) mass is 233 g/mol. The van der Waals surface area contributed by atoms with Gasteiger partial charge in [-0.3, -0.25) is 14.8 Å². The summed E-state index contributed by atoms with van der Waals surface area (Å²) < 4.78 is 4.79. The Bertz CT molecular complexity index is 644. The Hall–Kier alpha value is -2.70. The van der Waals surface area contributed by atoms with Gasteiger partial charge < -0.3 is 9.72 Å². The van der Waals surface area contributed by atoms with Gasteiger partial charge in [-0.05, 0) is 12.1 Å². The van der Waals surface area contributed by atoms with Crippen LogP contribution in [0.15, 0.2) is 40.3 Å². The van der Waals surface area contributed by atoms with Crippen LogP contribution in [-0.4, -0.2) is 20.9 Å². The van der Waals surface area contributed by atoms with Crippen molar-refractivity contribution in [3.63, 3.8) is 0 Å². The molecule has 0 saturated heterocycles. The minimum atomic E-state index is -0.772. The fourth-order valence-corrected chi connectivity index (χ4v) is 1.12. The third-order valence-corrected chi connectivity index (χ3v) is 1.89. The molecule has 2 rings (SSSR count). The summed E-state index contributed by atoms with van der Waals surface area (Å²) in [6.07, 6.45) is 3.83. The molecule has 0 spiro atoms. The van der Waals surface area contributed by atoms with Crippen LogP contribution >= 0.6 is 0 Å². The number of carbonyl (C=O) groups excluding carboxylic acids is 1. The molecule has 2 heterocycles. The van der Waals surface area contributed by atoms with Gasteiger partial charge >= 0.3 is 11.7 Å². The molecule has 0 radical (unpaired) electrons. The fraction of sp³-hybridized carbons (Fsp3) is 0. The van der Waals surface area contributed by atoms with Crippen LogP contribution in [0.3, 0.4) is 0 Å².